The molecule has 1 aromatic carbocycles. The Bertz CT molecular complexity index is 398. The molecule has 1 rings (SSSR count). The topological polar surface area (TPSA) is 34.1 Å². The second kappa shape index (κ2) is 6.01. The minimum absolute atomic E-state index is 0.0179. The van der Waals surface area contributed by atoms with Gasteiger partial charge in [-0.1, -0.05) is 35.9 Å². The fourth-order valence-corrected chi connectivity index (χ4v) is 1.40. The van der Waals surface area contributed by atoms with E-state index < -0.39 is 0 Å². The summed E-state index contributed by atoms with van der Waals surface area (Å²) in [6.45, 7) is 3.74. The highest BCUT2D eigenvalue weighted by Gasteiger charge is 2.07. The van der Waals surface area contributed by atoms with Gasteiger partial charge in [0.15, 0.2) is 11.6 Å². The highest BCUT2D eigenvalue weighted by molar-refractivity contribution is 5.99. The molecule has 0 N–H and O–H groups in total. The van der Waals surface area contributed by atoms with Crippen molar-refractivity contribution in [1.29, 1.82) is 0 Å². The van der Waals surface area contributed by atoms with Crippen molar-refractivity contribution in [2.75, 3.05) is 0 Å². The second-order valence-electron chi connectivity index (χ2n) is 3.98. The summed E-state index contributed by atoms with van der Waals surface area (Å²) in [5.41, 5.74) is 1.64. The lowest BCUT2D eigenvalue weighted by Crippen LogP contribution is -2.02. The summed E-state index contributed by atoms with van der Waals surface area (Å²) >= 11 is 0. The molecule has 0 aliphatic rings. The van der Waals surface area contributed by atoms with Crippen LogP contribution >= 0.6 is 0 Å². The molecule has 0 fully saturated rings. The van der Waals surface area contributed by atoms with Gasteiger partial charge in [-0.2, -0.15) is 0 Å². The van der Waals surface area contributed by atoms with Gasteiger partial charge in [-0.25, -0.2) is 0 Å². The SMILES string of the molecule is CC(C)=CC(=O)CCC(=O)c1ccccc1. The summed E-state index contributed by atoms with van der Waals surface area (Å²) < 4.78 is 0. The first-order valence-corrected chi connectivity index (χ1v) is 5.35. The van der Waals surface area contributed by atoms with Gasteiger partial charge in [-0.05, 0) is 19.9 Å². The van der Waals surface area contributed by atoms with E-state index in [1.807, 2.05) is 32.0 Å². The van der Waals surface area contributed by atoms with Gasteiger partial charge < -0.3 is 0 Å². The number of allylic oxidation sites excluding steroid dienone is 2. The Labute approximate surface area is 96.0 Å². The molecular formula is C14H16O2. The number of hydrogen-bond acceptors (Lipinski definition) is 2. The molecule has 1 aromatic rings. The van der Waals surface area contributed by atoms with Crippen molar-refractivity contribution in [2.24, 2.45) is 0 Å². The highest BCUT2D eigenvalue weighted by Crippen LogP contribution is 2.06. The molecule has 0 unspecified atom stereocenters. The van der Waals surface area contributed by atoms with Crippen molar-refractivity contribution in [3.05, 3.63) is 47.5 Å². The molecule has 0 aromatic heterocycles. The zero-order valence-electron chi connectivity index (χ0n) is 9.69. The number of rotatable bonds is 5. The van der Waals surface area contributed by atoms with Gasteiger partial charge in [0.1, 0.15) is 0 Å². The number of ketones is 2. The predicted molar refractivity (Wildman–Crippen MR) is 64.4 cm³/mol. The molecule has 16 heavy (non-hydrogen) atoms. The predicted octanol–water partition coefficient (Wildman–Crippen LogP) is 3.18. The first kappa shape index (κ1) is 12.4. The maximum Gasteiger partial charge on any atom is 0.163 e. The van der Waals surface area contributed by atoms with Crippen molar-refractivity contribution in [3.63, 3.8) is 0 Å². The van der Waals surface area contributed by atoms with Crippen LogP contribution in [-0.4, -0.2) is 11.6 Å². The van der Waals surface area contributed by atoms with E-state index in [-0.39, 0.29) is 18.0 Å². The van der Waals surface area contributed by atoms with Crippen molar-refractivity contribution in [2.45, 2.75) is 26.7 Å². The third-order valence-electron chi connectivity index (χ3n) is 2.14. The molecule has 0 radical (unpaired) electrons. The molecule has 84 valence electrons. The Balaban J connectivity index is 2.48. The average Bonchev–Trinajstić information content (AvgIpc) is 2.26. The van der Waals surface area contributed by atoms with E-state index in [0.29, 0.717) is 12.0 Å². The summed E-state index contributed by atoms with van der Waals surface area (Å²) in [5, 5.41) is 0. The molecule has 0 saturated heterocycles. The van der Waals surface area contributed by atoms with E-state index >= 15 is 0 Å². The number of hydrogen-bond donors (Lipinski definition) is 0. The highest BCUT2D eigenvalue weighted by atomic mass is 16.1. The summed E-state index contributed by atoms with van der Waals surface area (Å²) in [5.74, 6) is 0.0420. The van der Waals surface area contributed by atoms with Crippen LogP contribution in [0.1, 0.15) is 37.0 Å². The van der Waals surface area contributed by atoms with Gasteiger partial charge in [0.25, 0.3) is 0 Å². The van der Waals surface area contributed by atoms with E-state index in [1.54, 1.807) is 18.2 Å². The van der Waals surface area contributed by atoms with Crippen molar-refractivity contribution < 1.29 is 9.59 Å². The monoisotopic (exact) mass is 216 g/mol. The maximum absolute atomic E-state index is 11.7. The van der Waals surface area contributed by atoms with Gasteiger partial charge in [-0.3, -0.25) is 9.59 Å². The molecule has 2 heteroatoms. The number of benzene rings is 1. The third kappa shape index (κ3) is 4.22. The van der Waals surface area contributed by atoms with Crippen LogP contribution in [0.3, 0.4) is 0 Å². The summed E-state index contributed by atoms with van der Waals surface area (Å²) in [4.78, 5) is 23.0. The van der Waals surface area contributed by atoms with E-state index in [4.69, 9.17) is 0 Å². The first-order chi connectivity index (χ1) is 7.59. The van der Waals surface area contributed by atoms with Gasteiger partial charge in [0.05, 0.1) is 0 Å². The summed E-state index contributed by atoms with van der Waals surface area (Å²) in [7, 11) is 0. The van der Waals surface area contributed by atoms with Gasteiger partial charge in [0, 0.05) is 18.4 Å². The zero-order chi connectivity index (χ0) is 12.0. The maximum atomic E-state index is 11.7. The largest absolute Gasteiger partial charge is 0.295 e. The van der Waals surface area contributed by atoms with Crippen LogP contribution in [-0.2, 0) is 4.79 Å². The van der Waals surface area contributed by atoms with Gasteiger partial charge in [-0.15, -0.1) is 0 Å². The third-order valence-corrected chi connectivity index (χ3v) is 2.14. The lowest BCUT2D eigenvalue weighted by molar-refractivity contribution is -0.114. The van der Waals surface area contributed by atoms with Crippen LogP contribution in [0.4, 0.5) is 0 Å². The Morgan fingerprint density at radius 3 is 2.25 bits per heavy atom. The fourth-order valence-electron chi connectivity index (χ4n) is 1.40. The van der Waals surface area contributed by atoms with Crippen molar-refractivity contribution in [3.8, 4) is 0 Å². The molecule has 0 bridgehead atoms. The van der Waals surface area contributed by atoms with Crippen LogP contribution in [0, 0.1) is 0 Å². The van der Waals surface area contributed by atoms with E-state index in [2.05, 4.69) is 0 Å². The lowest BCUT2D eigenvalue weighted by Gasteiger charge is -1.99. The normalized spacial score (nSPS) is 9.62. The molecule has 0 atom stereocenters. The molecular weight excluding hydrogens is 200 g/mol. The summed E-state index contributed by atoms with van der Waals surface area (Å²) in [6, 6.07) is 9.06. The van der Waals surface area contributed by atoms with Gasteiger partial charge >= 0.3 is 0 Å². The van der Waals surface area contributed by atoms with Crippen LogP contribution in [0.2, 0.25) is 0 Å². The Kier molecular flexibility index (Phi) is 4.65. The minimum atomic E-state index is 0.0179. The van der Waals surface area contributed by atoms with Crippen LogP contribution < -0.4 is 0 Å². The quantitative estimate of drug-likeness (QED) is 0.559. The zero-order valence-corrected chi connectivity index (χ0v) is 9.69. The smallest absolute Gasteiger partial charge is 0.163 e. The lowest BCUT2D eigenvalue weighted by atomic mass is 10.0. The fraction of sp³-hybridized carbons (Fsp3) is 0.286. The van der Waals surface area contributed by atoms with Crippen molar-refractivity contribution in [1.82, 2.24) is 0 Å². The Morgan fingerprint density at radius 1 is 1.06 bits per heavy atom. The van der Waals surface area contributed by atoms with Crippen molar-refractivity contribution >= 4 is 11.6 Å². The minimum Gasteiger partial charge on any atom is -0.295 e. The van der Waals surface area contributed by atoms with Crippen LogP contribution in [0.25, 0.3) is 0 Å². The molecule has 0 heterocycles. The molecule has 2 nitrogen and oxygen atoms in total. The molecule has 0 spiro atoms. The Morgan fingerprint density at radius 2 is 1.69 bits per heavy atom. The van der Waals surface area contributed by atoms with Crippen LogP contribution in [0.15, 0.2) is 42.0 Å². The van der Waals surface area contributed by atoms with Gasteiger partial charge in [0.2, 0.25) is 0 Å². The van der Waals surface area contributed by atoms with E-state index in [9.17, 15) is 9.59 Å². The standard InChI is InChI=1S/C14H16O2/c1-11(2)10-13(15)8-9-14(16)12-6-4-3-5-7-12/h3-7,10H,8-9H2,1-2H3. The van der Waals surface area contributed by atoms with E-state index in [0.717, 1.165) is 5.57 Å². The average molecular weight is 216 g/mol. The molecule has 0 aliphatic heterocycles. The van der Waals surface area contributed by atoms with E-state index in [1.165, 1.54) is 0 Å². The first-order valence-electron chi connectivity index (χ1n) is 5.35. The number of Topliss-reactive ketones (excluding diaryl/α,β-unsaturated/α-hetero) is 1. The van der Waals surface area contributed by atoms with Crippen LogP contribution in [0.5, 0.6) is 0 Å². The second-order valence-corrected chi connectivity index (χ2v) is 3.98. The molecule has 0 saturated carbocycles. The summed E-state index contributed by atoms with van der Waals surface area (Å²) in [6.07, 6.45) is 2.16. The number of carbonyl (C=O) groups is 2. The molecule has 0 amide bonds. The Hall–Kier alpha value is -1.70. The molecule has 0 aliphatic carbocycles. The number of carbonyl (C=O) groups excluding carboxylic acids is 2.